The molecule has 0 atom stereocenters. The molecule has 20 heavy (non-hydrogen) atoms. The Morgan fingerprint density at radius 2 is 1.95 bits per heavy atom. The van der Waals surface area contributed by atoms with E-state index in [1.165, 1.54) is 0 Å². The van der Waals surface area contributed by atoms with Gasteiger partial charge in [0.25, 0.3) is 0 Å². The summed E-state index contributed by atoms with van der Waals surface area (Å²) in [4.78, 5) is 4.45. The topological polar surface area (TPSA) is 50.3 Å². The van der Waals surface area contributed by atoms with Crippen molar-refractivity contribution in [2.24, 2.45) is 5.92 Å². The molecule has 0 saturated carbocycles. The predicted octanol–water partition coefficient (Wildman–Crippen LogP) is 2.66. The second kappa shape index (κ2) is 5.14. The van der Waals surface area contributed by atoms with E-state index in [2.05, 4.69) is 11.9 Å². The van der Waals surface area contributed by atoms with Crippen molar-refractivity contribution in [3.8, 4) is 0 Å². The van der Waals surface area contributed by atoms with Crippen LogP contribution in [0.2, 0.25) is 0 Å². The molecule has 1 aliphatic heterocycles. The first-order chi connectivity index (χ1) is 9.59. The summed E-state index contributed by atoms with van der Waals surface area (Å²) in [7, 11) is -3.41. The molecule has 3 rings (SSSR count). The van der Waals surface area contributed by atoms with Crippen molar-refractivity contribution in [3.63, 3.8) is 0 Å². The molecule has 1 aliphatic rings. The summed E-state index contributed by atoms with van der Waals surface area (Å²) in [5.74, 6) is 0.609. The SMILES string of the molecule is CC1CCN(S(=O)(=O)c2cccc3cnccc23)CC1. The summed E-state index contributed by atoms with van der Waals surface area (Å²) in [6, 6.07) is 7.13. The normalized spacial score (nSPS) is 18.4. The number of nitrogens with zero attached hydrogens (tertiary/aromatic N) is 2. The molecule has 1 aromatic heterocycles. The fourth-order valence-corrected chi connectivity index (χ4v) is 4.37. The van der Waals surface area contributed by atoms with Gasteiger partial charge in [-0.25, -0.2) is 8.42 Å². The van der Waals surface area contributed by atoms with Crippen LogP contribution in [-0.2, 0) is 10.0 Å². The van der Waals surface area contributed by atoms with Crippen LogP contribution >= 0.6 is 0 Å². The highest BCUT2D eigenvalue weighted by Crippen LogP contribution is 2.28. The van der Waals surface area contributed by atoms with Crippen molar-refractivity contribution < 1.29 is 8.42 Å². The Balaban J connectivity index is 2.05. The Morgan fingerprint density at radius 3 is 2.70 bits per heavy atom. The number of hydrogen-bond acceptors (Lipinski definition) is 3. The summed E-state index contributed by atoms with van der Waals surface area (Å²) < 4.78 is 27.2. The Labute approximate surface area is 119 Å². The zero-order chi connectivity index (χ0) is 14.2. The third-order valence-electron chi connectivity index (χ3n) is 4.00. The van der Waals surface area contributed by atoms with Crippen LogP contribution in [0.3, 0.4) is 0 Å². The number of pyridine rings is 1. The van der Waals surface area contributed by atoms with Gasteiger partial charge in [-0.05, 0) is 30.9 Å². The van der Waals surface area contributed by atoms with Gasteiger partial charge in [-0.2, -0.15) is 4.31 Å². The maximum Gasteiger partial charge on any atom is 0.243 e. The van der Waals surface area contributed by atoms with Crippen LogP contribution in [0.5, 0.6) is 0 Å². The monoisotopic (exact) mass is 290 g/mol. The van der Waals surface area contributed by atoms with E-state index in [0.29, 0.717) is 23.9 Å². The molecule has 1 fully saturated rings. The minimum Gasteiger partial charge on any atom is -0.264 e. The number of sulfonamides is 1. The van der Waals surface area contributed by atoms with Crippen LogP contribution in [0.1, 0.15) is 19.8 Å². The van der Waals surface area contributed by atoms with Gasteiger partial charge in [0.2, 0.25) is 10.0 Å². The van der Waals surface area contributed by atoms with Crippen LogP contribution in [0, 0.1) is 5.92 Å². The van der Waals surface area contributed by atoms with Crippen molar-refractivity contribution in [1.29, 1.82) is 0 Å². The first-order valence-electron chi connectivity index (χ1n) is 6.92. The van der Waals surface area contributed by atoms with Gasteiger partial charge in [0.15, 0.2) is 0 Å². The molecule has 2 heterocycles. The van der Waals surface area contributed by atoms with Crippen LogP contribution in [0.15, 0.2) is 41.6 Å². The first kappa shape index (κ1) is 13.5. The molecule has 0 spiro atoms. The Bertz CT molecular complexity index is 714. The zero-order valence-electron chi connectivity index (χ0n) is 11.5. The molecule has 0 unspecified atom stereocenters. The molecular weight excluding hydrogens is 272 g/mol. The maximum absolute atomic E-state index is 12.8. The van der Waals surface area contributed by atoms with E-state index in [0.717, 1.165) is 23.6 Å². The van der Waals surface area contributed by atoms with Crippen LogP contribution in [-0.4, -0.2) is 30.8 Å². The third-order valence-corrected chi connectivity index (χ3v) is 5.96. The molecule has 5 heteroatoms. The second-order valence-corrected chi connectivity index (χ2v) is 7.35. The highest BCUT2D eigenvalue weighted by molar-refractivity contribution is 7.89. The summed E-state index contributed by atoms with van der Waals surface area (Å²) >= 11 is 0. The lowest BCUT2D eigenvalue weighted by molar-refractivity contribution is 0.288. The number of fused-ring (bicyclic) bond motifs is 1. The van der Waals surface area contributed by atoms with Crippen molar-refractivity contribution in [1.82, 2.24) is 9.29 Å². The van der Waals surface area contributed by atoms with Gasteiger partial charge in [-0.1, -0.05) is 19.1 Å². The van der Waals surface area contributed by atoms with Gasteiger partial charge in [-0.3, -0.25) is 4.98 Å². The molecule has 4 nitrogen and oxygen atoms in total. The number of hydrogen-bond donors (Lipinski definition) is 0. The van der Waals surface area contributed by atoms with E-state index in [9.17, 15) is 8.42 Å². The smallest absolute Gasteiger partial charge is 0.243 e. The van der Waals surface area contributed by atoms with Gasteiger partial charge < -0.3 is 0 Å². The van der Waals surface area contributed by atoms with Crippen LogP contribution in [0.25, 0.3) is 10.8 Å². The summed E-state index contributed by atoms with van der Waals surface area (Å²) in [5, 5.41) is 1.61. The average Bonchev–Trinajstić information content (AvgIpc) is 2.47. The quantitative estimate of drug-likeness (QED) is 0.854. The highest BCUT2D eigenvalue weighted by atomic mass is 32.2. The van der Waals surface area contributed by atoms with E-state index < -0.39 is 10.0 Å². The summed E-state index contributed by atoms with van der Waals surface area (Å²) in [6.07, 6.45) is 5.21. The van der Waals surface area contributed by atoms with Gasteiger partial charge in [0, 0.05) is 36.3 Å². The van der Waals surface area contributed by atoms with E-state index >= 15 is 0 Å². The lowest BCUT2D eigenvalue weighted by Gasteiger charge is -2.29. The fraction of sp³-hybridized carbons (Fsp3) is 0.400. The van der Waals surface area contributed by atoms with E-state index in [1.54, 1.807) is 34.9 Å². The van der Waals surface area contributed by atoms with Crippen molar-refractivity contribution >= 4 is 20.8 Å². The maximum atomic E-state index is 12.8. The second-order valence-electron chi connectivity index (χ2n) is 5.44. The van der Waals surface area contributed by atoms with Crippen LogP contribution in [0.4, 0.5) is 0 Å². The van der Waals surface area contributed by atoms with Gasteiger partial charge in [0.1, 0.15) is 0 Å². The third kappa shape index (κ3) is 2.31. The molecule has 1 aromatic carbocycles. The van der Waals surface area contributed by atoms with E-state index in [-0.39, 0.29) is 0 Å². The Kier molecular flexibility index (Phi) is 3.48. The molecule has 0 bridgehead atoms. The molecular formula is C15H18N2O2S. The first-order valence-corrected chi connectivity index (χ1v) is 8.36. The standard InChI is InChI=1S/C15H18N2O2S/c1-12-6-9-17(10-7-12)20(18,19)15-4-2-3-13-11-16-8-5-14(13)15/h2-5,8,11-12H,6-7,9-10H2,1H3. The molecule has 106 valence electrons. The van der Waals surface area contributed by atoms with E-state index in [4.69, 9.17) is 0 Å². The van der Waals surface area contributed by atoms with Gasteiger partial charge in [-0.15, -0.1) is 0 Å². The number of rotatable bonds is 2. The lowest BCUT2D eigenvalue weighted by atomic mass is 10.0. The molecule has 0 radical (unpaired) electrons. The fourth-order valence-electron chi connectivity index (χ4n) is 2.68. The van der Waals surface area contributed by atoms with E-state index in [1.807, 2.05) is 6.07 Å². The van der Waals surface area contributed by atoms with Crippen molar-refractivity contribution in [3.05, 3.63) is 36.7 Å². The number of piperidine rings is 1. The molecule has 0 N–H and O–H groups in total. The predicted molar refractivity (Wildman–Crippen MR) is 78.9 cm³/mol. The minimum absolute atomic E-state index is 0.395. The summed E-state index contributed by atoms with van der Waals surface area (Å²) in [6.45, 7) is 3.41. The average molecular weight is 290 g/mol. The lowest BCUT2D eigenvalue weighted by Crippen LogP contribution is -2.37. The minimum atomic E-state index is -3.41. The highest BCUT2D eigenvalue weighted by Gasteiger charge is 2.29. The molecule has 0 amide bonds. The summed E-state index contributed by atoms with van der Waals surface area (Å²) in [5.41, 5.74) is 0. The Morgan fingerprint density at radius 1 is 1.20 bits per heavy atom. The van der Waals surface area contributed by atoms with Gasteiger partial charge in [0.05, 0.1) is 4.90 Å². The molecule has 2 aromatic rings. The number of benzene rings is 1. The Hall–Kier alpha value is -1.46. The zero-order valence-corrected chi connectivity index (χ0v) is 12.3. The molecule has 0 aliphatic carbocycles. The number of aromatic nitrogens is 1. The van der Waals surface area contributed by atoms with Gasteiger partial charge >= 0.3 is 0 Å². The van der Waals surface area contributed by atoms with Crippen molar-refractivity contribution in [2.75, 3.05) is 13.1 Å². The van der Waals surface area contributed by atoms with Crippen LogP contribution < -0.4 is 0 Å². The molecule has 1 saturated heterocycles. The largest absolute Gasteiger partial charge is 0.264 e. The van der Waals surface area contributed by atoms with Crippen molar-refractivity contribution in [2.45, 2.75) is 24.7 Å².